The molecule has 0 bridgehead atoms. The summed E-state index contributed by atoms with van der Waals surface area (Å²) in [4.78, 5) is 0. The molecule has 0 amide bonds. The van der Waals surface area contributed by atoms with E-state index in [1.54, 1.807) is 14.2 Å². The first-order valence-corrected chi connectivity index (χ1v) is 6.99. The Kier molecular flexibility index (Phi) is 5.46. The molecule has 21 heavy (non-hydrogen) atoms. The molecule has 0 spiro atoms. The van der Waals surface area contributed by atoms with Gasteiger partial charge in [-0.15, -0.1) is 0 Å². The van der Waals surface area contributed by atoms with Crippen LogP contribution in [-0.4, -0.2) is 20.8 Å². The maximum Gasteiger partial charge on any atom is 0.160 e. The zero-order valence-electron chi connectivity index (χ0n) is 12.6. The second-order valence-electron chi connectivity index (χ2n) is 4.86. The normalized spacial score (nSPS) is 10.4. The van der Waals surface area contributed by atoms with E-state index in [9.17, 15) is 0 Å². The molecule has 0 aliphatic carbocycles. The van der Waals surface area contributed by atoms with Crippen molar-refractivity contribution in [2.75, 3.05) is 26.5 Å². The molecule has 0 fully saturated rings. The number of rotatable bonds is 7. The average Bonchev–Trinajstić information content (AvgIpc) is 2.51. The molecule has 0 unspecified atom stereocenters. The average molecular weight is 286 g/mol. The lowest BCUT2D eigenvalue weighted by Gasteiger charge is -2.10. The lowest BCUT2D eigenvalue weighted by atomic mass is 10.1. The van der Waals surface area contributed by atoms with Crippen LogP contribution in [0.4, 0.5) is 5.69 Å². The fourth-order valence-corrected chi connectivity index (χ4v) is 2.20. The first-order valence-electron chi connectivity index (χ1n) is 6.99. The molecule has 0 aliphatic rings. The number of hydrogen-bond donors (Lipinski definition) is 2. The number of benzene rings is 2. The van der Waals surface area contributed by atoms with Gasteiger partial charge in [-0.3, -0.25) is 0 Å². The summed E-state index contributed by atoms with van der Waals surface area (Å²) >= 11 is 0. The smallest absolute Gasteiger partial charge is 0.160 e. The number of nitrogen functional groups attached to an aromatic ring is 1. The van der Waals surface area contributed by atoms with Crippen LogP contribution in [0.15, 0.2) is 42.5 Å². The van der Waals surface area contributed by atoms with Gasteiger partial charge in [-0.2, -0.15) is 0 Å². The van der Waals surface area contributed by atoms with Gasteiger partial charge in [0.15, 0.2) is 11.5 Å². The molecule has 0 saturated carbocycles. The fourth-order valence-electron chi connectivity index (χ4n) is 2.20. The molecule has 112 valence electrons. The van der Waals surface area contributed by atoms with Gasteiger partial charge in [-0.1, -0.05) is 18.2 Å². The molecule has 4 heteroatoms. The lowest BCUT2D eigenvalue weighted by Crippen LogP contribution is -2.16. The zero-order chi connectivity index (χ0) is 15.1. The zero-order valence-corrected chi connectivity index (χ0v) is 12.6. The van der Waals surface area contributed by atoms with Crippen molar-refractivity contribution >= 4 is 5.69 Å². The molecule has 0 saturated heterocycles. The van der Waals surface area contributed by atoms with Gasteiger partial charge in [0.25, 0.3) is 0 Å². The lowest BCUT2D eigenvalue weighted by molar-refractivity contribution is 0.354. The molecule has 0 aromatic heterocycles. The van der Waals surface area contributed by atoms with Crippen molar-refractivity contribution in [2.45, 2.75) is 13.0 Å². The van der Waals surface area contributed by atoms with Gasteiger partial charge < -0.3 is 20.5 Å². The Morgan fingerprint density at radius 3 is 2.48 bits per heavy atom. The highest BCUT2D eigenvalue weighted by molar-refractivity contribution is 5.43. The standard InChI is InChI=1S/C17H22N2O2/c1-20-16-7-6-13(11-17(16)21-2)8-9-19-12-14-4-3-5-15(18)10-14/h3-7,10-11,19H,8-9,12,18H2,1-2H3. The van der Waals surface area contributed by atoms with Crippen molar-refractivity contribution in [3.63, 3.8) is 0 Å². The Bertz CT molecular complexity index is 585. The summed E-state index contributed by atoms with van der Waals surface area (Å²) in [6.07, 6.45) is 0.933. The van der Waals surface area contributed by atoms with Crippen LogP contribution < -0.4 is 20.5 Å². The molecule has 2 aromatic carbocycles. The molecule has 0 radical (unpaired) electrons. The van der Waals surface area contributed by atoms with Crippen molar-refractivity contribution in [2.24, 2.45) is 0 Å². The van der Waals surface area contributed by atoms with Crippen LogP contribution in [0.25, 0.3) is 0 Å². The summed E-state index contributed by atoms with van der Waals surface area (Å²) in [7, 11) is 3.30. The third-order valence-electron chi connectivity index (χ3n) is 3.32. The Labute approximate surface area is 125 Å². The Balaban J connectivity index is 1.83. The Morgan fingerprint density at radius 2 is 1.76 bits per heavy atom. The SMILES string of the molecule is COc1ccc(CCNCc2cccc(N)c2)cc1OC. The minimum atomic E-state index is 0.758. The predicted octanol–water partition coefficient (Wildman–Crippen LogP) is 2.62. The molecule has 2 rings (SSSR count). The van der Waals surface area contributed by atoms with Gasteiger partial charge in [0.2, 0.25) is 0 Å². The second kappa shape index (κ2) is 7.55. The quantitative estimate of drug-likeness (QED) is 0.607. The minimum Gasteiger partial charge on any atom is -0.493 e. The van der Waals surface area contributed by atoms with Gasteiger partial charge in [-0.05, 0) is 48.4 Å². The van der Waals surface area contributed by atoms with Crippen molar-refractivity contribution in [3.8, 4) is 11.5 Å². The number of hydrogen-bond acceptors (Lipinski definition) is 4. The highest BCUT2D eigenvalue weighted by atomic mass is 16.5. The maximum atomic E-state index is 5.76. The van der Waals surface area contributed by atoms with Crippen molar-refractivity contribution < 1.29 is 9.47 Å². The molecule has 3 N–H and O–H groups in total. The summed E-state index contributed by atoms with van der Waals surface area (Å²) in [6, 6.07) is 13.9. The van der Waals surface area contributed by atoms with E-state index in [2.05, 4.69) is 17.4 Å². The molecule has 2 aromatic rings. The summed E-state index contributed by atoms with van der Waals surface area (Å²) in [5.41, 5.74) is 8.97. The summed E-state index contributed by atoms with van der Waals surface area (Å²) in [5, 5.41) is 3.42. The van der Waals surface area contributed by atoms with E-state index in [-0.39, 0.29) is 0 Å². The van der Waals surface area contributed by atoms with E-state index < -0.39 is 0 Å². The first-order chi connectivity index (χ1) is 10.2. The van der Waals surface area contributed by atoms with Gasteiger partial charge in [0.05, 0.1) is 14.2 Å². The van der Waals surface area contributed by atoms with E-state index in [0.717, 1.165) is 36.7 Å². The van der Waals surface area contributed by atoms with Crippen LogP contribution in [0.5, 0.6) is 11.5 Å². The second-order valence-corrected chi connectivity index (χ2v) is 4.86. The Morgan fingerprint density at radius 1 is 0.952 bits per heavy atom. The summed E-state index contributed by atoms with van der Waals surface area (Å²) in [5.74, 6) is 1.53. The minimum absolute atomic E-state index is 0.758. The number of nitrogens with one attached hydrogen (secondary N) is 1. The molecule has 0 heterocycles. The van der Waals surface area contributed by atoms with Crippen molar-refractivity contribution in [3.05, 3.63) is 53.6 Å². The van der Waals surface area contributed by atoms with E-state index in [4.69, 9.17) is 15.2 Å². The van der Waals surface area contributed by atoms with Gasteiger partial charge >= 0.3 is 0 Å². The van der Waals surface area contributed by atoms with Crippen LogP contribution >= 0.6 is 0 Å². The van der Waals surface area contributed by atoms with Crippen LogP contribution in [0, 0.1) is 0 Å². The summed E-state index contributed by atoms with van der Waals surface area (Å²) < 4.78 is 10.5. The van der Waals surface area contributed by atoms with Crippen LogP contribution in [0.2, 0.25) is 0 Å². The number of methoxy groups -OCH3 is 2. The molecular weight excluding hydrogens is 264 g/mol. The number of anilines is 1. The van der Waals surface area contributed by atoms with E-state index in [1.807, 2.05) is 30.3 Å². The highest BCUT2D eigenvalue weighted by Gasteiger charge is 2.04. The third kappa shape index (κ3) is 4.39. The van der Waals surface area contributed by atoms with Gasteiger partial charge in [0, 0.05) is 12.2 Å². The van der Waals surface area contributed by atoms with Gasteiger partial charge in [0.1, 0.15) is 0 Å². The Hall–Kier alpha value is -2.20. The van der Waals surface area contributed by atoms with Crippen molar-refractivity contribution in [1.29, 1.82) is 0 Å². The largest absolute Gasteiger partial charge is 0.493 e. The topological polar surface area (TPSA) is 56.5 Å². The van der Waals surface area contributed by atoms with Gasteiger partial charge in [-0.25, -0.2) is 0 Å². The number of ether oxygens (including phenoxy) is 2. The molecule has 0 atom stereocenters. The van der Waals surface area contributed by atoms with Crippen LogP contribution in [0.1, 0.15) is 11.1 Å². The molecular formula is C17H22N2O2. The predicted molar refractivity (Wildman–Crippen MR) is 85.8 cm³/mol. The monoisotopic (exact) mass is 286 g/mol. The molecule has 4 nitrogen and oxygen atoms in total. The molecule has 0 aliphatic heterocycles. The highest BCUT2D eigenvalue weighted by Crippen LogP contribution is 2.27. The van der Waals surface area contributed by atoms with E-state index in [0.29, 0.717) is 0 Å². The van der Waals surface area contributed by atoms with E-state index in [1.165, 1.54) is 11.1 Å². The van der Waals surface area contributed by atoms with Crippen LogP contribution in [0.3, 0.4) is 0 Å². The first kappa shape index (κ1) is 15.2. The maximum absolute atomic E-state index is 5.76. The number of nitrogens with two attached hydrogens (primary N) is 1. The van der Waals surface area contributed by atoms with Crippen LogP contribution in [-0.2, 0) is 13.0 Å². The third-order valence-corrected chi connectivity index (χ3v) is 3.32. The fraction of sp³-hybridized carbons (Fsp3) is 0.294. The van der Waals surface area contributed by atoms with E-state index >= 15 is 0 Å². The van der Waals surface area contributed by atoms with Crippen molar-refractivity contribution in [1.82, 2.24) is 5.32 Å². The summed E-state index contributed by atoms with van der Waals surface area (Å²) in [6.45, 7) is 1.71.